The molecule has 2 rings (SSSR count). The van der Waals surface area contributed by atoms with E-state index in [-0.39, 0.29) is 30.4 Å². The van der Waals surface area contributed by atoms with E-state index in [1.165, 1.54) is 0 Å². The third-order valence-corrected chi connectivity index (χ3v) is 3.69. The number of halogens is 5. The van der Waals surface area contributed by atoms with Gasteiger partial charge < -0.3 is 5.32 Å². The SMILES string of the molecule is CC(C)(C)[C@@H](c1c(F)ccc(F)c1F)N1CCNCC1.Cl.Cl. The highest BCUT2D eigenvalue weighted by Crippen LogP contribution is 2.40. The molecule has 0 unspecified atom stereocenters. The van der Waals surface area contributed by atoms with Gasteiger partial charge in [-0.15, -0.1) is 24.8 Å². The van der Waals surface area contributed by atoms with Crippen LogP contribution in [0.3, 0.4) is 0 Å². The van der Waals surface area contributed by atoms with Gasteiger partial charge in [0.1, 0.15) is 5.82 Å². The van der Waals surface area contributed by atoms with Crippen LogP contribution in [0.25, 0.3) is 0 Å². The topological polar surface area (TPSA) is 15.3 Å². The first-order valence-electron chi connectivity index (χ1n) is 6.90. The molecule has 1 aromatic rings. The molecule has 0 saturated carbocycles. The van der Waals surface area contributed by atoms with Gasteiger partial charge in [-0.05, 0) is 17.5 Å². The van der Waals surface area contributed by atoms with E-state index in [1.807, 2.05) is 25.7 Å². The standard InChI is InChI=1S/C15H21F3N2.2ClH/c1-15(2,3)14(20-8-6-19-7-9-20)12-10(16)4-5-11(17)13(12)18;;/h4-5,14,19H,6-9H2,1-3H3;2*1H/t14-;;/m1../s1. The normalized spacial score (nSPS) is 17.4. The van der Waals surface area contributed by atoms with Crippen molar-refractivity contribution in [3.05, 3.63) is 35.1 Å². The minimum atomic E-state index is -1.07. The Morgan fingerprint density at radius 1 is 1.00 bits per heavy atom. The number of nitrogens with one attached hydrogen (secondary N) is 1. The van der Waals surface area contributed by atoms with Crippen LogP contribution in [-0.2, 0) is 0 Å². The lowest BCUT2D eigenvalue weighted by Gasteiger charge is -2.42. The number of hydrogen-bond acceptors (Lipinski definition) is 2. The molecule has 1 heterocycles. The van der Waals surface area contributed by atoms with Gasteiger partial charge in [0.15, 0.2) is 11.6 Å². The molecule has 0 radical (unpaired) electrons. The maximum atomic E-state index is 14.1. The molecule has 1 N–H and O–H groups in total. The van der Waals surface area contributed by atoms with E-state index in [9.17, 15) is 13.2 Å². The molecule has 1 aliphatic heterocycles. The Morgan fingerprint density at radius 2 is 1.50 bits per heavy atom. The lowest BCUT2D eigenvalue weighted by atomic mass is 9.80. The smallest absolute Gasteiger partial charge is 0.166 e. The van der Waals surface area contributed by atoms with Gasteiger partial charge in [-0.1, -0.05) is 20.8 Å². The quantitative estimate of drug-likeness (QED) is 0.805. The minimum Gasteiger partial charge on any atom is -0.314 e. The Bertz CT molecular complexity index is 486. The zero-order valence-electron chi connectivity index (χ0n) is 13.0. The fourth-order valence-electron chi connectivity index (χ4n) is 2.90. The van der Waals surface area contributed by atoms with Crippen LogP contribution in [0.5, 0.6) is 0 Å². The molecule has 1 aliphatic rings. The van der Waals surface area contributed by atoms with Crippen molar-refractivity contribution in [1.82, 2.24) is 10.2 Å². The number of nitrogens with zero attached hydrogens (tertiary/aromatic N) is 1. The first-order chi connectivity index (χ1) is 9.32. The van der Waals surface area contributed by atoms with Crippen LogP contribution >= 0.6 is 24.8 Å². The summed E-state index contributed by atoms with van der Waals surface area (Å²) in [4.78, 5) is 2.03. The number of hydrogen-bond donors (Lipinski definition) is 1. The van der Waals surface area contributed by atoms with E-state index < -0.39 is 28.9 Å². The summed E-state index contributed by atoms with van der Waals surface area (Å²) in [5.41, 5.74) is -0.549. The second-order valence-electron chi connectivity index (χ2n) is 6.31. The Labute approximate surface area is 142 Å². The molecule has 0 aromatic heterocycles. The summed E-state index contributed by atoms with van der Waals surface area (Å²) in [5.74, 6) is -2.74. The zero-order chi connectivity index (χ0) is 14.9. The Hall–Kier alpha value is -0.490. The van der Waals surface area contributed by atoms with Crippen LogP contribution in [0.15, 0.2) is 12.1 Å². The van der Waals surface area contributed by atoms with E-state index in [4.69, 9.17) is 0 Å². The summed E-state index contributed by atoms with van der Waals surface area (Å²) in [7, 11) is 0. The van der Waals surface area contributed by atoms with E-state index in [2.05, 4.69) is 5.32 Å². The van der Waals surface area contributed by atoms with Crippen molar-refractivity contribution >= 4 is 24.8 Å². The van der Waals surface area contributed by atoms with E-state index in [0.717, 1.165) is 25.2 Å². The van der Waals surface area contributed by atoms with Crippen LogP contribution in [0.2, 0.25) is 0 Å². The summed E-state index contributed by atoms with van der Waals surface area (Å²) in [5, 5.41) is 3.21. The van der Waals surface area contributed by atoms with Crippen LogP contribution in [0.1, 0.15) is 32.4 Å². The maximum Gasteiger partial charge on any atom is 0.166 e. The molecule has 1 aromatic carbocycles. The molecular formula is C15H23Cl2F3N2. The Morgan fingerprint density at radius 3 is 2.00 bits per heavy atom. The summed E-state index contributed by atoms with van der Waals surface area (Å²) in [6.45, 7) is 8.68. The van der Waals surface area contributed by atoms with Gasteiger partial charge in [-0.3, -0.25) is 4.90 Å². The summed E-state index contributed by atoms with van der Waals surface area (Å²) >= 11 is 0. The third-order valence-electron chi connectivity index (χ3n) is 3.69. The van der Waals surface area contributed by atoms with Crippen molar-refractivity contribution in [2.24, 2.45) is 5.41 Å². The molecule has 7 heteroatoms. The van der Waals surface area contributed by atoms with Crippen molar-refractivity contribution < 1.29 is 13.2 Å². The molecule has 1 fully saturated rings. The van der Waals surface area contributed by atoms with E-state index in [1.54, 1.807) is 0 Å². The first-order valence-corrected chi connectivity index (χ1v) is 6.90. The van der Waals surface area contributed by atoms with Crippen molar-refractivity contribution in [2.45, 2.75) is 26.8 Å². The van der Waals surface area contributed by atoms with Gasteiger partial charge in [0.25, 0.3) is 0 Å². The summed E-state index contributed by atoms with van der Waals surface area (Å²) in [6, 6.07) is 1.36. The molecule has 0 spiro atoms. The van der Waals surface area contributed by atoms with Crippen LogP contribution in [-0.4, -0.2) is 31.1 Å². The fraction of sp³-hybridized carbons (Fsp3) is 0.600. The van der Waals surface area contributed by atoms with Crippen molar-refractivity contribution in [3.8, 4) is 0 Å². The Kier molecular flexibility index (Phi) is 8.20. The van der Waals surface area contributed by atoms with Gasteiger partial charge in [0, 0.05) is 37.8 Å². The van der Waals surface area contributed by atoms with Gasteiger partial charge in [-0.2, -0.15) is 0 Å². The minimum absolute atomic E-state index is 0. The molecule has 0 amide bonds. The zero-order valence-corrected chi connectivity index (χ0v) is 14.6. The maximum absolute atomic E-state index is 14.1. The van der Waals surface area contributed by atoms with Crippen molar-refractivity contribution in [2.75, 3.05) is 26.2 Å². The Balaban J connectivity index is 0.00000220. The second-order valence-corrected chi connectivity index (χ2v) is 6.31. The molecule has 2 nitrogen and oxygen atoms in total. The summed E-state index contributed by atoms with van der Waals surface area (Å²) in [6.07, 6.45) is 0. The first kappa shape index (κ1) is 21.5. The van der Waals surface area contributed by atoms with E-state index in [0.29, 0.717) is 13.1 Å². The monoisotopic (exact) mass is 358 g/mol. The highest BCUT2D eigenvalue weighted by molar-refractivity contribution is 5.85. The molecule has 1 atom stereocenters. The van der Waals surface area contributed by atoms with Crippen LogP contribution in [0.4, 0.5) is 13.2 Å². The highest BCUT2D eigenvalue weighted by Gasteiger charge is 2.37. The van der Waals surface area contributed by atoms with Gasteiger partial charge in [0.2, 0.25) is 0 Å². The van der Waals surface area contributed by atoms with Crippen LogP contribution < -0.4 is 5.32 Å². The van der Waals surface area contributed by atoms with Gasteiger partial charge in [-0.25, -0.2) is 13.2 Å². The van der Waals surface area contributed by atoms with Gasteiger partial charge >= 0.3 is 0 Å². The van der Waals surface area contributed by atoms with Crippen molar-refractivity contribution in [3.63, 3.8) is 0 Å². The number of benzene rings is 1. The molecule has 0 bridgehead atoms. The molecule has 128 valence electrons. The lowest BCUT2D eigenvalue weighted by molar-refractivity contribution is 0.0798. The molecule has 1 saturated heterocycles. The number of piperazine rings is 1. The van der Waals surface area contributed by atoms with Crippen molar-refractivity contribution in [1.29, 1.82) is 0 Å². The fourth-order valence-corrected chi connectivity index (χ4v) is 2.90. The molecular weight excluding hydrogens is 336 g/mol. The highest BCUT2D eigenvalue weighted by atomic mass is 35.5. The lowest BCUT2D eigenvalue weighted by Crippen LogP contribution is -2.48. The molecule has 0 aliphatic carbocycles. The number of rotatable bonds is 2. The average molecular weight is 359 g/mol. The predicted octanol–water partition coefficient (Wildman–Crippen LogP) is 3.94. The van der Waals surface area contributed by atoms with Gasteiger partial charge in [0.05, 0.1) is 0 Å². The largest absolute Gasteiger partial charge is 0.314 e. The third kappa shape index (κ3) is 4.51. The second kappa shape index (κ2) is 8.39. The van der Waals surface area contributed by atoms with Crippen LogP contribution in [0, 0.1) is 22.9 Å². The predicted molar refractivity (Wildman–Crippen MR) is 87.5 cm³/mol. The average Bonchev–Trinajstić information content (AvgIpc) is 2.39. The molecule has 22 heavy (non-hydrogen) atoms. The summed E-state index contributed by atoms with van der Waals surface area (Å²) < 4.78 is 41.8. The van der Waals surface area contributed by atoms with E-state index >= 15 is 0 Å².